The molecule has 1 unspecified atom stereocenters. The molecular formula is C11H16O8. The van der Waals surface area contributed by atoms with Gasteiger partial charge in [0.05, 0.1) is 0 Å². The molecule has 1 saturated heterocycles. The Morgan fingerprint density at radius 1 is 1.05 bits per heavy atom. The summed E-state index contributed by atoms with van der Waals surface area (Å²) in [6.45, 7) is 3.29. The molecule has 1 rings (SSSR count). The van der Waals surface area contributed by atoms with Crippen LogP contribution < -0.4 is 0 Å². The zero-order valence-electron chi connectivity index (χ0n) is 10.8. The minimum atomic E-state index is -1.34. The fourth-order valence-corrected chi connectivity index (χ4v) is 1.64. The first-order valence-electron chi connectivity index (χ1n) is 5.62. The SMILES string of the molecule is CC(=O)OC[C@H]1OC(OC(C)=O)[C@H](O)[C@@H]1OC(C)=O. The molecule has 1 aliphatic heterocycles. The van der Waals surface area contributed by atoms with Crippen LogP contribution in [0.3, 0.4) is 0 Å². The predicted octanol–water partition coefficient (Wildman–Crippen LogP) is -0.870. The predicted molar refractivity (Wildman–Crippen MR) is 58.6 cm³/mol. The first-order valence-corrected chi connectivity index (χ1v) is 5.62. The van der Waals surface area contributed by atoms with E-state index in [0.29, 0.717) is 0 Å². The fraction of sp³-hybridized carbons (Fsp3) is 0.727. The van der Waals surface area contributed by atoms with E-state index < -0.39 is 42.5 Å². The van der Waals surface area contributed by atoms with Crippen molar-refractivity contribution in [3.05, 3.63) is 0 Å². The Morgan fingerprint density at radius 2 is 1.63 bits per heavy atom. The van der Waals surface area contributed by atoms with Gasteiger partial charge in [0.25, 0.3) is 0 Å². The Bertz CT molecular complexity index is 366. The van der Waals surface area contributed by atoms with Crippen molar-refractivity contribution in [1.29, 1.82) is 0 Å². The molecule has 1 heterocycles. The maximum Gasteiger partial charge on any atom is 0.305 e. The average Bonchev–Trinajstić information content (AvgIpc) is 2.53. The van der Waals surface area contributed by atoms with Crippen molar-refractivity contribution >= 4 is 17.9 Å². The standard InChI is InChI=1S/C11H16O8/c1-5(12)16-4-8-10(17-6(2)13)9(15)11(19-8)18-7(3)14/h8-11,15H,4H2,1-3H3/t8-,9-,10-,11?/m1/s1. The number of carbonyl (C=O) groups is 3. The normalized spacial score (nSPS) is 29.7. The number of aliphatic hydroxyl groups excluding tert-OH is 1. The molecule has 8 nitrogen and oxygen atoms in total. The molecule has 1 fully saturated rings. The molecule has 19 heavy (non-hydrogen) atoms. The molecule has 108 valence electrons. The van der Waals surface area contributed by atoms with Crippen molar-refractivity contribution in [3.63, 3.8) is 0 Å². The van der Waals surface area contributed by atoms with Crippen LogP contribution in [0.1, 0.15) is 20.8 Å². The van der Waals surface area contributed by atoms with Gasteiger partial charge in [0.2, 0.25) is 6.29 Å². The number of ether oxygens (including phenoxy) is 4. The van der Waals surface area contributed by atoms with Gasteiger partial charge in [0.1, 0.15) is 12.7 Å². The number of rotatable bonds is 4. The molecule has 4 atom stereocenters. The van der Waals surface area contributed by atoms with Gasteiger partial charge in [-0.25, -0.2) is 0 Å². The van der Waals surface area contributed by atoms with Crippen molar-refractivity contribution in [3.8, 4) is 0 Å². The first kappa shape index (κ1) is 15.4. The average molecular weight is 276 g/mol. The maximum atomic E-state index is 11.0. The number of carbonyl (C=O) groups excluding carboxylic acids is 3. The van der Waals surface area contributed by atoms with Crippen molar-refractivity contribution in [1.82, 2.24) is 0 Å². The molecule has 8 heteroatoms. The zero-order chi connectivity index (χ0) is 14.6. The summed E-state index contributed by atoms with van der Waals surface area (Å²) in [7, 11) is 0. The third kappa shape index (κ3) is 4.49. The number of aliphatic hydroxyl groups is 1. The van der Waals surface area contributed by atoms with Crippen molar-refractivity contribution in [2.75, 3.05) is 6.61 Å². The van der Waals surface area contributed by atoms with E-state index in [2.05, 4.69) is 0 Å². The van der Waals surface area contributed by atoms with Gasteiger partial charge in [-0.2, -0.15) is 0 Å². The molecule has 0 saturated carbocycles. The number of hydrogen-bond acceptors (Lipinski definition) is 8. The molecule has 0 aromatic heterocycles. The summed E-state index contributed by atoms with van der Waals surface area (Å²) in [5.74, 6) is -1.83. The highest BCUT2D eigenvalue weighted by Crippen LogP contribution is 2.25. The van der Waals surface area contributed by atoms with Gasteiger partial charge in [-0.3, -0.25) is 14.4 Å². The third-order valence-electron chi connectivity index (χ3n) is 2.33. The molecular weight excluding hydrogens is 260 g/mol. The Hall–Kier alpha value is -1.67. The minimum Gasteiger partial charge on any atom is -0.463 e. The van der Waals surface area contributed by atoms with Gasteiger partial charge in [-0.1, -0.05) is 0 Å². The van der Waals surface area contributed by atoms with Gasteiger partial charge in [0.15, 0.2) is 12.2 Å². The molecule has 0 spiro atoms. The molecule has 0 bridgehead atoms. The van der Waals surface area contributed by atoms with Gasteiger partial charge in [-0.05, 0) is 0 Å². The second-order valence-corrected chi connectivity index (χ2v) is 4.02. The summed E-state index contributed by atoms with van der Waals surface area (Å²) in [4.78, 5) is 32.5. The van der Waals surface area contributed by atoms with Gasteiger partial charge in [-0.15, -0.1) is 0 Å². The van der Waals surface area contributed by atoms with Crippen molar-refractivity contribution in [2.24, 2.45) is 0 Å². The lowest BCUT2D eigenvalue weighted by Crippen LogP contribution is -2.39. The lowest BCUT2D eigenvalue weighted by molar-refractivity contribution is -0.189. The van der Waals surface area contributed by atoms with Crippen LogP contribution in [0.25, 0.3) is 0 Å². The first-order chi connectivity index (χ1) is 8.81. The van der Waals surface area contributed by atoms with Crippen molar-refractivity contribution < 1.29 is 38.4 Å². The summed E-state index contributed by atoms with van der Waals surface area (Å²) < 4.78 is 19.5. The van der Waals surface area contributed by atoms with E-state index in [1.807, 2.05) is 0 Å². The van der Waals surface area contributed by atoms with Crippen LogP contribution in [-0.4, -0.2) is 54.2 Å². The highest BCUT2D eigenvalue weighted by Gasteiger charge is 2.48. The van der Waals surface area contributed by atoms with E-state index >= 15 is 0 Å². The van der Waals surface area contributed by atoms with Crippen LogP contribution in [0.5, 0.6) is 0 Å². The number of hydrogen-bond donors (Lipinski definition) is 1. The lowest BCUT2D eigenvalue weighted by atomic mass is 10.1. The summed E-state index contributed by atoms with van der Waals surface area (Å²) in [6, 6.07) is 0. The largest absolute Gasteiger partial charge is 0.463 e. The Morgan fingerprint density at radius 3 is 2.11 bits per heavy atom. The van der Waals surface area contributed by atoms with Crippen LogP contribution in [0.4, 0.5) is 0 Å². The van der Waals surface area contributed by atoms with Crippen LogP contribution in [0, 0.1) is 0 Å². The highest BCUT2D eigenvalue weighted by atomic mass is 16.7. The van der Waals surface area contributed by atoms with Crippen LogP contribution >= 0.6 is 0 Å². The van der Waals surface area contributed by atoms with Crippen LogP contribution in [-0.2, 0) is 33.3 Å². The summed E-state index contributed by atoms with van der Waals surface area (Å²) in [5, 5.41) is 9.86. The number of esters is 3. The van der Waals surface area contributed by atoms with Crippen molar-refractivity contribution in [2.45, 2.75) is 45.4 Å². The van der Waals surface area contributed by atoms with E-state index in [1.165, 1.54) is 6.92 Å². The summed E-state index contributed by atoms with van der Waals surface area (Å²) in [6.07, 6.45) is -4.57. The second-order valence-electron chi connectivity index (χ2n) is 4.02. The monoisotopic (exact) mass is 276 g/mol. The van der Waals surface area contributed by atoms with E-state index in [9.17, 15) is 19.5 Å². The Kier molecular flexibility index (Phi) is 5.25. The zero-order valence-corrected chi connectivity index (χ0v) is 10.8. The summed E-state index contributed by atoms with van der Waals surface area (Å²) >= 11 is 0. The Labute approximate surface area is 109 Å². The highest BCUT2D eigenvalue weighted by molar-refractivity contribution is 5.67. The molecule has 1 aliphatic rings. The molecule has 0 amide bonds. The maximum absolute atomic E-state index is 11.0. The van der Waals surface area contributed by atoms with Gasteiger partial charge in [0, 0.05) is 20.8 Å². The van der Waals surface area contributed by atoms with E-state index in [0.717, 1.165) is 13.8 Å². The molecule has 0 aliphatic carbocycles. The van der Waals surface area contributed by atoms with Crippen LogP contribution in [0.15, 0.2) is 0 Å². The minimum absolute atomic E-state index is 0.220. The second kappa shape index (κ2) is 6.48. The Balaban J connectivity index is 2.71. The molecule has 0 radical (unpaired) electrons. The fourth-order valence-electron chi connectivity index (χ4n) is 1.64. The third-order valence-corrected chi connectivity index (χ3v) is 2.33. The van der Waals surface area contributed by atoms with Gasteiger partial charge >= 0.3 is 17.9 Å². The van der Waals surface area contributed by atoms with E-state index in [4.69, 9.17) is 18.9 Å². The summed E-state index contributed by atoms with van der Waals surface area (Å²) in [5.41, 5.74) is 0. The van der Waals surface area contributed by atoms with E-state index in [1.54, 1.807) is 0 Å². The quantitative estimate of drug-likeness (QED) is 0.521. The van der Waals surface area contributed by atoms with Crippen LogP contribution in [0.2, 0.25) is 0 Å². The molecule has 0 aromatic rings. The van der Waals surface area contributed by atoms with Gasteiger partial charge < -0.3 is 24.1 Å². The lowest BCUT2D eigenvalue weighted by Gasteiger charge is -2.19. The molecule has 0 aromatic carbocycles. The smallest absolute Gasteiger partial charge is 0.305 e. The molecule has 1 N–H and O–H groups in total. The topological polar surface area (TPSA) is 108 Å². The van der Waals surface area contributed by atoms with E-state index in [-0.39, 0.29) is 6.61 Å².